The first kappa shape index (κ1) is 18.1. The van der Waals surface area contributed by atoms with Gasteiger partial charge in [-0.05, 0) is 24.0 Å². The maximum atomic E-state index is 12.2. The standard InChI is InChI=1S/C16H17N5OS2/c1-21(9-11-3-5-13(23-2)6-4-11)14(22)10-24-16-19-8-12(7-17)15(18)20-16/h3-6,8H,9-10H2,1-2H3,(H2,18,19,20). The molecule has 0 unspecified atom stereocenters. The van der Waals surface area contributed by atoms with Crippen LogP contribution in [-0.4, -0.2) is 39.8 Å². The number of amides is 1. The van der Waals surface area contributed by atoms with Crippen molar-refractivity contribution in [2.75, 3.05) is 24.8 Å². The maximum Gasteiger partial charge on any atom is 0.233 e. The van der Waals surface area contributed by atoms with Crippen LogP contribution in [0.5, 0.6) is 0 Å². The molecule has 0 spiro atoms. The fraction of sp³-hybridized carbons (Fsp3) is 0.250. The first-order valence-electron chi connectivity index (χ1n) is 7.05. The Morgan fingerprint density at radius 2 is 2.08 bits per heavy atom. The normalized spacial score (nSPS) is 10.2. The van der Waals surface area contributed by atoms with E-state index in [1.54, 1.807) is 23.7 Å². The van der Waals surface area contributed by atoms with Crippen LogP contribution in [0.15, 0.2) is 40.5 Å². The molecule has 6 nitrogen and oxygen atoms in total. The zero-order valence-corrected chi connectivity index (χ0v) is 15.0. The second-order valence-corrected chi connectivity index (χ2v) is 6.77. The molecule has 0 atom stereocenters. The van der Waals surface area contributed by atoms with Gasteiger partial charge in [-0.25, -0.2) is 9.97 Å². The van der Waals surface area contributed by atoms with Crippen LogP contribution in [-0.2, 0) is 11.3 Å². The first-order valence-corrected chi connectivity index (χ1v) is 9.27. The number of anilines is 1. The molecule has 0 aliphatic rings. The van der Waals surface area contributed by atoms with Gasteiger partial charge in [0, 0.05) is 18.5 Å². The third kappa shape index (κ3) is 4.88. The topological polar surface area (TPSA) is 95.9 Å². The zero-order chi connectivity index (χ0) is 17.5. The van der Waals surface area contributed by atoms with E-state index in [-0.39, 0.29) is 23.0 Å². The van der Waals surface area contributed by atoms with Crippen LogP contribution in [0.25, 0.3) is 0 Å². The van der Waals surface area contributed by atoms with E-state index in [9.17, 15) is 4.79 Å². The summed E-state index contributed by atoms with van der Waals surface area (Å²) in [4.78, 5) is 23.1. The van der Waals surface area contributed by atoms with Gasteiger partial charge in [0.2, 0.25) is 5.91 Å². The quantitative estimate of drug-likeness (QED) is 0.625. The number of carbonyl (C=O) groups is 1. The zero-order valence-electron chi connectivity index (χ0n) is 13.4. The van der Waals surface area contributed by atoms with Crippen molar-refractivity contribution < 1.29 is 4.79 Å². The van der Waals surface area contributed by atoms with Crippen molar-refractivity contribution in [2.45, 2.75) is 16.6 Å². The summed E-state index contributed by atoms with van der Waals surface area (Å²) in [7, 11) is 1.76. The lowest BCUT2D eigenvalue weighted by atomic mass is 10.2. The molecule has 1 amide bonds. The fourth-order valence-electron chi connectivity index (χ4n) is 1.86. The van der Waals surface area contributed by atoms with Gasteiger partial charge in [0.25, 0.3) is 0 Å². The summed E-state index contributed by atoms with van der Waals surface area (Å²) in [5, 5.41) is 9.18. The monoisotopic (exact) mass is 359 g/mol. The van der Waals surface area contributed by atoms with Gasteiger partial charge in [-0.1, -0.05) is 23.9 Å². The van der Waals surface area contributed by atoms with Crippen molar-refractivity contribution in [1.29, 1.82) is 5.26 Å². The Balaban J connectivity index is 1.89. The average Bonchev–Trinajstić information content (AvgIpc) is 2.60. The molecule has 124 valence electrons. The van der Waals surface area contributed by atoms with Gasteiger partial charge in [0.15, 0.2) is 5.16 Å². The van der Waals surface area contributed by atoms with E-state index in [0.29, 0.717) is 11.7 Å². The Kier molecular flexibility index (Phi) is 6.46. The molecule has 2 N–H and O–H groups in total. The number of aromatic nitrogens is 2. The molecular weight excluding hydrogens is 342 g/mol. The van der Waals surface area contributed by atoms with Gasteiger partial charge < -0.3 is 10.6 Å². The smallest absolute Gasteiger partial charge is 0.233 e. The van der Waals surface area contributed by atoms with Crippen molar-refractivity contribution in [3.63, 3.8) is 0 Å². The van der Waals surface area contributed by atoms with E-state index in [2.05, 4.69) is 9.97 Å². The third-order valence-electron chi connectivity index (χ3n) is 3.25. The number of thioether (sulfide) groups is 2. The molecular formula is C16H17N5OS2. The largest absolute Gasteiger partial charge is 0.382 e. The molecule has 8 heteroatoms. The van der Waals surface area contributed by atoms with E-state index in [1.165, 1.54) is 22.9 Å². The number of nitrogens with two attached hydrogens (primary N) is 1. The fourth-order valence-corrected chi connectivity index (χ4v) is 3.03. The summed E-state index contributed by atoms with van der Waals surface area (Å²) in [6.45, 7) is 0.546. The van der Waals surface area contributed by atoms with Gasteiger partial charge in [0.05, 0.1) is 11.9 Å². The second kappa shape index (κ2) is 8.57. The van der Waals surface area contributed by atoms with Gasteiger partial charge in [-0.15, -0.1) is 11.8 Å². The summed E-state index contributed by atoms with van der Waals surface area (Å²) in [5.74, 6) is 0.315. The highest BCUT2D eigenvalue weighted by Crippen LogP contribution is 2.18. The molecule has 1 aromatic carbocycles. The Hall–Kier alpha value is -2.24. The summed E-state index contributed by atoms with van der Waals surface area (Å²) >= 11 is 2.88. The Morgan fingerprint density at radius 1 is 1.38 bits per heavy atom. The average molecular weight is 359 g/mol. The van der Waals surface area contributed by atoms with Crippen molar-refractivity contribution in [2.24, 2.45) is 0 Å². The van der Waals surface area contributed by atoms with Gasteiger partial charge in [-0.2, -0.15) is 5.26 Å². The van der Waals surface area contributed by atoms with Crippen LogP contribution in [0.3, 0.4) is 0 Å². The lowest BCUT2D eigenvalue weighted by Crippen LogP contribution is -2.27. The summed E-state index contributed by atoms with van der Waals surface area (Å²) < 4.78 is 0. The minimum absolute atomic E-state index is 0.0273. The highest BCUT2D eigenvalue weighted by molar-refractivity contribution is 7.99. The van der Waals surface area contributed by atoms with Crippen LogP contribution in [0.1, 0.15) is 11.1 Å². The second-order valence-electron chi connectivity index (χ2n) is 4.95. The molecule has 0 saturated heterocycles. The number of nitriles is 1. The molecule has 24 heavy (non-hydrogen) atoms. The SMILES string of the molecule is CSc1ccc(CN(C)C(=O)CSc2ncc(C#N)c(N)n2)cc1. The maximum absolute atomic E-state index is 12.2. The number of nitrogen functional groups attached to an aromatic ring is 1. The predicted molar refractivity (Wildman–Crippen MR) is 96.6 cm³/mol. The first-order chi connectivity index (χ1) is 11.5. The van der Waals surface area contributed by atoms with Crippen molar-refractivity contribution in [3.8, 4) is 6.07 Å². The Morgan fingerprint density at radius 3 is 2.67 bits per heavy atom. The molecule has 0 fully saturated rings. The minimum atomic E-state index is -0.0273. The number of benzene rings is 1. The van der Waals surface area contributed by atoms with Gasteiger partial charge in [0.1, 0.15) is 17.5 Å². The number of rotatable bonds is 6. The molecule has 1 aromatic heterocycles. The highest BCUT2D eigenvalue weighted by Gasteiger charge is 2.12. The molecule has 1 heterocycles. The molecule has 0 radical (unpaired) electrons. The third-order valence-corrected chi connectivity index (χ3v) is 4.84. The van der Waals surface area contributed by atoms with Crippen molar-refractivity contribution >= 4 is 35.2 Å². The van der Waals surface area contributed by atoms with Crippen LogP contribution in [0, 0.1) is 11.3 Å². The number of hydrogen-bond acceptors (Lipinski definition) is 7. The molecule has 0 aliphatic heterocycles. The number of carbonyl (C=O) groups excluding carboxylic acids is 1. The van der Waals surface area contributed by atoms with E-state index < -0.39 is 0 Å². The molecule has 2 rings (SSSR count). The van der Waals surface area contributed by atoms with Crippen LogP contribution in [0.4, 0.5) is 5.82 Å². The lowest BCUT2D eigenvalue weighted by molar-refractivity contribution is -0.127. The molecule has 0 aliphatic carbocycles. The van der Waals surface area contributed by atoms with Crippen molar-refractivity contribution in [3.05, 3.63) is 41.6 Å². The van der Waals surface area contributed by atoms with Crippen LogP contribution < -0.4 is 5.73 Å². The van der Waals surface area contributed by atoms with E-state index >= 15 is 0 Å². The summed E-state index contributed by atoms with van der Waals surface area (Å²) in [6.07, 6.45) is 3.39. The number of nitrogens with zero attached hydrogens (tertiary/aromatic N) is 4. The highest BCUT2D eigenvalue weighted by atomic mass is 32.2. The summed E-state index contributed by atoms with van der Waals surface area (Å²) in [5.41, 5.74) is 6.95. The van der Waals surface area contributed by atoms with E-state index in [4.69, 9.17) is 11.0 Å². The minimum Gasteiger partial charge on any atom is -0.382 e. The van der Waals surface area contributed by atoms with E-state index in [1.807, 2.05) is 36.6 Å². The summed E-state index contributed by atoms with van der Waals surface area (Å²) in [6, 6.07) is 10.0. The molecule has 2 aromatic rings. The van der Waals surface area contributed by atoms with Gasteiger partial charge in [-0.3, -0.25) is 4.79 Å². The van der Waals surface area contributed by atoms with Crippen molar-refractivity contribution in [1.82, 2.24) is 14.9 Å². The van der Waals surface area contributed by atoms with Crippen LogP contribution in [0.2, 0.25) is 0 Å². The molecule has 0 bridgehead atoms. The Bertz CT molecular complexity index is 758. The van der Waals surface area contributed by atoms with Gasteiger partial charge >= 0.3 is 0 Å². The molecule has 0 saturated carbocycles. The van der Waals surface area contributed by atoms with E-state index in [0.717, 1.165) is 5.56 Å². The number of hydrogen-bond donors (Lipinski definition) is 1. The Labute approximate surface area is 149 Å². The predicted octanol–water partition coefficient (Wildman–Crippen LogP) is 2.40. The van der Waals surface area contributed by atoms with Crippen LogP contribution >= 0.6 is 23.5 Å². The lowest BCUT2D eigenvalue weighted by Gasteiger charge is -2.17.